The van der Waals surface area contributed by atoms with Crippen LogP contribution in [0.25, 0.3) is 5.52 Å². The maximum absolute atomic E-state index is 12.6. The van der Waals surface area contributed by atoms with E-state index in [0.29, 0.717) is 31.9 Å². The van der Waals surface area contributed by atoms with Crippen LogP contribution in [0.15, 0.2) is 55.5 Å². The van der Waals surface area contributed by atoms with Crippen molar-refractivity contribution in [2.45, 2.75) is 19.0 Å². The van der Waals surface area contributed by atoms with E-state index >= 15 is 0 Å². The van der Waals surface area contributed by atoms with Gasteiger partial charge in [0.05, 0.1) is 5.92 Å². The van der Waals surface area contributed by atoms with Crippen LogP contribution in [-0.2, 0) is 16.1 Å². The summed E-state index contributed by atoms with van der Waals surface area (Å²) in [6.45, 7) is 5.41. The van der Waals surface area contributed by atoms with E-state index in [1.165, 1.54) is 12.4 Å². The molecule has 3 aromatic rings. The first-order valence-electron chi connectivity index (χ1n) is 11.7. The molecule has 1 aromatic carbocycles. The third kappa shape index (κ3) is 5.64. The lowest BCUT2D eigenvalue weighted by Crippen LogP contribution is -2.55. The second kappa shape index (κ2) is 11.4. The summed E-state index contributed by atoms with van der Waals surface area (Å²) in [6.07, 6.45) is 10.5. The number of carbonyl (C=O) groups excluding carboxylic acids is 2. The molecule has 0 saturated carbocycles. The number of hydrogen-bond acceptors (Lipinski definition) is 7. The van der Waals surface area contributed by atoms with Crippen LogP contribution in [0.4, 0.5) is 16.3 Å². The number of hydrogen-bond donors (Lipinski definition) is 3. The Morgan fingerprint density at radius 2 is 2.22 bits per heavy atom. The molecule has 2 atom stereocenters. The number of fused-ring (bicyclic) bond motifs is 1. The molecule has 0 spiro atoms. The Balaban J connectivity index is 1.52. The van der Waals surface area contributed by atoms with Crippen molar-refractivity contribution < 1.29 is 14.3 Å². The third-order valence-corrected chi connectivity index (χ3v) is 6.14. The number of piperidine rings is 1. The summed E-state index contributed by atoms with van der Waals surface area (Å²) in [4.78, 5) is 31.4. The molecule has 2 aromatic heterocycles. The fraction of sp³-hybridized carbons (Fsp3) is 0.308. The molecule has 4 rings (SSSR count). The molecule has 0 radical (unpaired) electrons. The van der Waals surface area contributed by atoms with Gasteiger partial charge >= 0.3 is 6.09 Å². The van der Waals surface area contributed by atoms with Crippen LogP contribution in [-0.4, -0.2) is 64.3 Å². The molecule has 1 fully saturated rings. The zero-order chi connectivity index (χ0) is 25.5. The van der Waals surface area contributed by atoms with Crippen molar-refractivity contribution in [2.75, 3.05) is 32.1 Å². The lowest BCUT2D eigenvalue weighted by molar-refractivity contribution is -0.127. The number of amides is 2. The number of rotatable bonds is 8. The van der Waals surface area contributed by atoms with Gasteiger partial charge in [0.1, 0.15) is 18.5 Å². The Morgan fingerprint density at radius 3 is 3.00 bits per heavy atom. The molecular formula is C26H29N7O3. The van der Waals surface area contributed by atoms with Crippen molar-refractivity contribution in [2.24, 2.45) is 5.92 Å². The van der Waals surface area contributed by atoms with E-state index in [1.54, 1.807) is 11.6 Å². The van der Waals surface area contributed by atoms with Crippen molar-refractivity contribution in [3.63, 3.8) is 0 Å². The number of terminal acetylenes is 1. The average Bonchev–Trinajstić information content (AvgIpc) is 3.31. The summed E-state index contributed by atoms with van der Waals surface area (Å²) < 4.78 is 6.82. The van der Waals surface area contributed by atoms with Crippen LogP contribution >= 0.6 is 0 Å². The predicted molar refractivity (Wildman–Crippen MR) is 137 cm³/mol. The Morgan fingerprint density at radius 1 is 1.36 bits per heavy atom. The van der Waals surface area contributed by atoms with E-state index in [0.717, 1.165) is 22.3 Å². The van der Waals surface area contributed by atoms with Gasteiger partial charge in [0.25, 0.3) is 0 Å². The van der Waals surface area contributed by atoms with Crippen LogP contribution in [0.1, 0.15) is 17.5 Å². The number of anilines is 2. The predicted octanol–water partition coefficient (Wildman–Crippen LogP) is 2.30. The summed E-state index contributed by atoms with van der Waals surface area (Å²) in [6, 6.07) is 9.23. The molecule has 1 aliphatic heterocycles. The third-order valence-electron chi connectivity index (χ3n) is 6.14. The minimum Gasteiger partial charge on any atom is -0.445 e. The van der Waals surface area contributed by atoms with Gasteiger partial charge in [0.15, 0.2) is 5.82 Å². The lowest BCUT2D eigenvalue weighted by Gasteiger charge is -2.37. The van der Waals surface area contributed by atoms with E-state index in [1.807, 2.05) is 36.5 Å². The van der Waals surface area contributed by atoms with Gasteiger partial charge in [-0.3, -0.25) is 9.69 Å². The quantitative estimate of drug-likeness (QED) is 0.330. The van der Waals surface area contributed by atoms with Crippen LogP contribution in [0.2, 0.25) is 0 Å². The molecule has 0 aliphatic carbocycles. The van der Waals surface area contributed by atoms with Crippen LogP contribution in [0.5, 0.6) is 0 Å². The summed E-state index contributed by atoms with van der Waals surface area (Å²) in [7, 11) is 1.60. The number of benzene rings is 1. The molecule has 36 heavy (non-hydrogen) atoms. The summed E-state index contributed by atoms with van der Waals surface area (Å²) in [5.41, 5.74) is 3.45. The maximum Gasteiger partial charge on any atom is 0.407 e. The first kappa shape index (κ1) is 24.8. The van der Waals surface area contributed by atoms with E-state index in [-0.39, 0.29) is 18.6 Å². The monoisotopic (exact) mass is 487 g/mol. The number of nitrogens with one attached hydrogen (secondary N) is 3. The minimum absolute atomic E-state index is 0.114. The Hall–Kier alpha value is -4.36. The van der Waals surface area contributed by atoms with Gasteiger partial charge in [-0.2, -0.15) is 5.10 Å². The van der Waals surface area contributed by atoms with Crippen molar-refractivity contribution in [3.05, 3.63) is 66.6 Å². The van der Waals surface area contributed by atoms with Crippen LogP contribution in [0.3, 0.4) is 0 Å². The molecule has 1 aliphatic rings. The number of nitrogens with zero attached hydrogens (tertiary/aromatic N) is 4. The number of likely N-dealkylation sites (tertiary alicyclic amines) is 1. The first-order valence-corrected chi connectivity index (χ1v) is 11.7. The molecule has 0 bridgehead atoms. The Bertz CT molecular complexity index is 1300. The molecule has 1 saturated heterocycles. The largest absolute Gasteiger partial charge is 0.445 e. The summed E-state index contributed by atoms with van der Waals surface area (Å²) >= 11 is 0. The van der Waals surface area contributed by atoms with E-state index < -0.39 is 12.0 Å². The second-order valence-corrected chi connectivity index (χ2v) is 8.48. The van der Waals surface area contributed by atoms with E-state index in [2.05, 4.69) is 43.4 Å². The average molecular weight is 488 g/mol. The minimum atomic E-state index is -0.553. The number of aromatic nitrogens is 3. The van der Waals surface area contributed by atoms with Gasteiger partial charge in [-0.15, -0.1) is 6.42 Å². The zero-order valence-electron chi connectivity index (χ0n) is 20.1. The molecular weight excluding hydrogens is 458 g/mol. The highest BCUT2D eigenvalue weighted by atomic mass is 16.5. The molecule has 186 valence electrons. The highest BCUT2D eigenvalue weighted by Crippen LogP contribution is 2.26. The molecule has 3 N–H and O–H groups in total. The topological polar surface area (TPSA) is 113 Å². The van der Waals surface area contributed by atoms with Gasteiger partial charge in [-0.05, 0) is 36.2 Å². The van der Waals surface area contributed by atoms with Gasteiger partial charge < -0.3 is 20.7 Å². The Labute approximate surface area is 209 Å². The molecule has 3 heterocycles. The molecule has 10 heteroatoms. The molecule has 10 nitrogen and oxygen atoms in total. The summed E-state index contributed by atoms with van der Waals surface area (Å²) in [5, 5.41) is 13.2. The SMILES string of the molecule is C#Cc1cccc(Nc2ncnn3ccc(CN4CCC(NC(=O)OCC=C)C(C(=O)NC)C4)c23)c1. The smallest absolute Gasteiger partial charge is 0.407 e. The zero-order valence-corrected chi connectivity index (χ0v) is 20.1. The Kier molecular flexibility index (Phi) is 7.82. The van der Waals surface area contributed by atoms with Crippen molar-refractivity contribution >= 4 is 29.0 Å². The maximum atomic E-state index is 12.6. The second-order valence-electron chi connectivity index (χ2n) is 8.48. The fourth-order valence-corrected chi connectivity index (χ4v) is 4.42. The van der Waals surface area contributed by atoms with Gasteiger partial charge in [0, 0.05) is 50.2 Å². The number of ether oxygens (including phenoxy) is 1. The van der Waals surface area contributed by atoms with Crippen molar-refractivity contribution in [1.29, 1.82) is 0 Å². The van der Waals surface area contributed by atoms with Crippen molar-refractivity contribution in [3.8, 4) is 12.3 Å². The fourth-order valence-electron chi connectivity index (χ4n) is 4.42. The highest BCUT2D eigenvalue weighted by Gasteiger charge is 2.35. The molecule has 2 unspecified atom stereocenters. The van der Waals surface area contributed by atoms with Gasteiger partial charge in [0.2, 0.25) is 5.91 Å². The molecule has 2 amide bonds. The first-order chi connectivity index (χ1) is 17.5. The van der Waals surface area contributed by atoms with E-state index in [4.69, 9.17) is 11.2 Å². The highest BCUT2D eigenvalue weighted by molar-refractivity contribution is 5.80. The van der Waals surface area contributed by atoms with Gasteiger partial charge in [-0.1, -0.05) is 24.6 Å². The van der Waals surface area contributed by atoms with E-state index in [9.17, 15) is 9.59 Å². The van der Waals surface area contributed by atoms with Gasteiger partial charge in [-0.25, -0.2) is 14.3 Å². The normalized spacial score (nSPS) is 17.7. The standard InChI is InChI=1S/C26H29N7O3/c1-4-13-36-26(35)31-22-10-11-32(16-21(22)25(34)27-3)15-19-9-12-33-23(19)24(28-17-29-33)30-20-8-6-7-18(5-2)14-20/h2,4,6-9,12,14,17,21-22H,1,10-11,13,15-16H2,3H3,(H,27,34)(H,31,35)(H,28,29,30). The van der Waals surface area contributed by atoms with Crippen LogP contribution in [0, 0.1) is 18.3 Å². The number of carbonyl (C=O) groups is 2. The number of alkyl carbamates (subject to hydrolysis) is 1. The lowest BCUT2D eigenvalue weighted by atomic mass is 9.91. The van der Waals surface area contributed by atoms with Crippen molar-refractivity contribution in [1.82, 2.24) is 30.1 Å². The van der Waals surface area contributed by atoms with Crippen LogP contribution < -0.4 is 16.0 Å². The summed E-state index contributed by atoms with van der Waals surface area (Å²) in [5.74, 6) is 2.74.